The van der Waals surface area contributed by atoms with Crippen LogP contribution in [0.2, 0.25) is 0 Å². The highest BCUT2D eigenvalue weighted by molar-refractivity contribution is 7.13. The van der Waals surface area contributed by atoms with Crippen molar-refractivity contribution in [2.45, 2.75) is 0 Å². The van der Waals surface area contributed by atoms with Crippen molar-refractivity contribution in [3.05, 3.63) is 11.1 Å². The molecule has 0 bridgehead atoms. The molecule has 0 aliphatic heterocycles. The van der Waals surface area contributed by atoms with E-state index in [0.717, 1.165) is 0 Å². The summed E-state index contributed by atoms with van der Waals surface area (Å²) in [5, 5.41) is 5.54. The molecule has 0 saturated carbocycles. The Morgan fingerprint density at radius 2 is 2.53 bits per heavy atom. The molecule has 0 saturated heterocycles. The maximum Gasteiger partial charge on any atom is 0.259 e. The number of nitrogens with two attached hydrogens (primary N) is 1. The number of oxime groups is 1. The fourth-order valence-electron chi connectivity index (χ4n) is 0.745. The van der Waals surface area contributed by atoms with Gasteiger partial charge >= 0.3 is 0 Å². The Hall–Kier alpha value is -1.47. The second kappa shape index (κ2) is 6.10. The molecule has 0 spiro atoms. The van der Waals surface area contributed by atoms with Crippen LogP contribution in [0.5, 0.6) is 0 Å². The summed E-state index contributed by atoms with van der Waals surface area (Å²) >= 11 is 1.22. The fraction of sp³-hybridized carbons (Fsp3) is 0.375. The first-order chi connectivity index (χ1) is 7.27. The summed E-state index contributed by atoms with van der Waals surface area (Å²) < 4.78 is 4.74. The van der Waals surface area contributed by atoms with Crippen LogP contribution in [0.3, 0.4) is 0 Å². The third kappa shape index (κ3) is 3.64. The average molecular weight is 228 g/mol. The first-order valence-corrected chi connectivity index (χ1v) is 4.94. The van der Waals surface area contributed by atoms with E-state index in [1.54, 1.807) is 18.8 Å². The molecule has 0 atom stereocenters. The van der Waals surface area contributed by atoms with Crippen LogP contribution in [0.4, 0.5) is 5.13 Å². The first-order valence-electron chi connectivity index (χ1n) is 4.06. The smallest absolute Gasteiger partial charge is 0.259 e. The summed E-state index contributed by atoms with van der Waals surface area (Å²) in [5.74, 6) is 0. The molecule has 6 nitrogen and oxygen atoms in total. The fourth-order valence-corrected chi connectivity index (χ4v) is 1.29. The van der Waals surface area contributed by atoms with Crippen LogP contribution in [-0.4, -0.2) is 37.3 Å². The molecule has 0 unspecified atom stereocenters. The van der Waals surface area contributed by atoms with Gasteiger partial charge in [-0.25, -0.2) is 4.98 Å². The lowest BCUT2D eigenvalue weighted by molar-refractivity contribution is 0.0755. The van der Waals surface area contributed by atoms with E-state index in [-0.39, 0.29) is 12.3 Å². The molecule has 1 rings (SSSR count). The highest BCUT2D eigenvalue weighted by Gasteiger charge is 2.08. The summed E-state index contributed by atoms with van der Waals surface area (Å²) in [6.07, 6.45) is 1.63. The van der Waals surface area contributed by atoms with E-state index in [1.807, 2.05) is 0 Å². The normalized spacial score (nSPS) is 11.4. The van der Waals surface area contributed by atoms with Gasteiger partial charge in [-0.15, -0.1) is 11.3 Å². The van der Waals surface area contributed by atoms with Crippen LogP contribution in [0.25, 0.3) is 0 Å². The van der Waals surface area contributed by atoms with E-state index in [4.69, 9.17) is 15.3 Å². The Morgan fingerprint density at radius 3 is 3.07 bits per heavy atom. The van der Waals surface area contributed by atoms with E-state index in [2.05, 4.69) is 10.1 Å². The van der Waals surface area contributed by atoms with Crippen LogP contribution < -0.4 is 5.73 Å². The van der Waals surface area contributed by atoms with Crippen molar-refractivity contribution in [3.63, 3.8) is 0 Å². The molecular formula is C8H10N3O3S. The SMILES string of the molecule is COCCO/N=C(\[C]=O)c1csc(N)n1. The molecule has 81 valence electrons. The number of carbonyl (C=O) groups excluding carboxylic acids is 1. The molecule has 1 heterocycles. The summed E-state index contributed by atoms with van der Waals surface area (Å²) in [7, 11) is 1.54. The number of anilines is 1. The van der Waals surface area contributed by atoms with Gasteiger partial charge < -0.3 is 15.3 Å². The lowest BCUT2D eigenvalue weighted by Gasteiger charge is -1.97. The molecule has 0 aliphatic rings. The van der Waals surface area contributed by atoms with Gasteiger partial charge in [0.15, 0.2) is 10.8 Å². The zero-order valence-corrected chi connectivity index (χ0v) is 8.91. The predicted molar refractivity (Wildman–Crippen MR) is 56.6 cm³/mol. The number of hydrogen-bond donors (Lipinski definition) is 1. The maximum atomic E-state index is 10.5. The van der Waals surface area contributed by atoms with Crippen molar-refractivity contribution in [2.24, 2.45) is 5.16 Å². The van der Waals surface area contributed by atoms with E-state index >= 15 is 0 Å². The minimum atomic E-state index is -0.000877. The number of nitrogens with zero attached hydrogens (tertiary/aromatic N) is 2. The summed E-state index contributed by atoms with van der Waals surface area (Å²) in [6, 6.07) is 0. The van der Waals surface area contributed by atoms with Gasteiger partial charge in [0, 0.05) is 12.5 Å². The molecule has 0 fully saturated rings. The number of aromatic nitrogens is 1. The number of methoxy groups -OCH3 is 1. The average Bonchev–Trinajstić information content (AvgIpc) is 2.65. The monoisotopic (exact) mass is 228 g/mol. The molecular weight excluding hydrogens is 218 g/mol. The third-order valence-electron chi connectivity index (χ3n) is 1.40. The molecule has 0 aromatic carbocycles. The van der Waals surface area contributed by atoms with E-state index in [0.29, 0.717) is 17.4 Å². The summed E-state index contributed by atoms with van der Waals surface area (Å²) in [5.41, 5.74) is 5.77. The summed E-state index contributed by atoms with van der Waals surface area (Å²) in [6.45, 7) is 0.663. The number of nitrogen functional groups attached to an aromatic ring is 1. The quantitative estimate of drug-likeness (QED) is 0.427. The Balaban J connectivity index is 2.59. The van der Waals surface area contributed by atoms with Crippen molar-refractivity contribution in [2.75, 3.05) is 26.1 Å². The Bertz CT molecular complexity index is 351. The predicted octanol–water partition coefficient (Wildman–Crippen LogP) is 0.202. The topological polar surface area (TPSA) is 86.8 Å². The number of thiazole rings is 1. The van der Waals surface area contributed by atoms with Gasteiger partial charge in [-0.2, -0.15) is 0 Å². The Labute approximate surface area is 90.7 Å². The minimum absolute atomic E-state index is 0.000877. The van der Waals surface area contributed by atoms with Crippen LogP contribution >= 0.6 is 11.3 Å². The van der Waals surface area contributed by atoms with Crippen molar-refractivity contribution >= 4 is 28.5 Å². The first kappa shape index (κ1) is 11.6. The zero-order valence-electron chi connectivity index (χ0n) is 8.10. The van der Waals surface area contributed by atoms with E-state index < -0.39 is 0 Å². The number of ether oxygens (including phenoxy) is 1. The lowest BCUT2D eigenvalue weighted by Crippen LogP contribution is -2.06. The van der Waals surface area contributed by atoms with Crippen LogP contribution in [-0.2, 0) is 14.4 Å². The highest BCUT2D eigenvalue weighted by atomic mass is 32.1. The lowest BCUT2D eigenvalue weighted by atomic mass is 10.3. The van der Waals surface area contributed by atoms with Crippen molar-refractivity contribution in [1.82, 2.24) is 4.98 Å². The van der Waals surface area contributed by atoms with Crippen molar-refractivity contribution < 1.29 is 14.4 Å². The molecule has 0 aliphatic carbocycles. The standard InChI is InChI=1S/C8H10N3O3S/c1-13-2-3-14-11-6(4-12)7-5-15-8(9)10-7/h5H,2-3H2,1H3,(H2,9,10)/b11-6+. The second-order valence-corrected chi connectivity index (χ2v) is 3.33. The van der Waals surface area contributed by atoms with Crippen molar-refractivity contribution in [3.8, 4) is 0 Å². The van der Waals surface area contributed by atoms with Crippen LogP contribution in [0, 0.1) is 0 Å². The molecule has 7 heteroatoms. The molecule has 0 amide bonds. The van der Waals surface area contributed by atoms with Gasteiger partial charge in [0.1, 0.15) is 12.3 Å². The largest absolute Gasteiger partial charge is 0.393 e. The second-order valence-electron chi connectivity index (χ2n) is 2.44. The van der Waals surface area contributed by atoms with Gasteiger partial charge in [0.25, 0.3) is 6.29 Å². The molecule has 15 heavy (non-hydrogen) atoms. The molecule has 1 aromatic rings. The van der Waals surface area contributed by atoms with Gasteiger partial charge in [-0.05, 0) is 0 Å². The number of hydrogen-bond acceptors (Lipinski definition) is 7. The molecule has 1 aromatic heterocycles. The molecule has 2 N–H and O–H groups in total. The van der Waals surface area contributed by atoms with Gasteiger partial charge in [-0.1, -0.05) is 5.16 Å². The highest BCUT2D eigenvalue weighted by Crippen LogP contribution is 2.11. The van der Waals surface area contributed by atoms with Crippen LogP contribution in [0.15, 0.2) is 10.5 Å². The van der Waals surface area contributed by atoms with E-state index in [1.165, 1.54) is 11.3 Å². The van der Waals surface area contributed by atoms with Crippen molar-refractivity contribution in [1.29, 1.82) is 0 Å². The molecule has 1 radical (unpaired) electrons. The number of rotatable bonds is 6. The Kier molecular flexibility index (Phi) is 4.72. The van der Waals surface area contributed by atoms with E-state index in [9.17, 15) is 4.79 Å². The Morgan fingerprint density at radius 1 is 1.73 bits per heavy atom. The summed E-state index contributed by atoms with van der Waals surface area (Å²) in [4.78, 5) is 19.2. The minimum Gasteiger partial charge on any atom is -0.393 e. The van der Waals surface area contributed by atoms with Gasteiger partial charge in [-0.3, -0.25) is 4.79 Å². The van der Waals surface area contributed by atoms with Gasteiger partial charge in [0.05, 0.1) is 6.61 Å². The maximum absolute atomic E-state index is 10.5. The third-order valence-corrected chi connectivity index (χ3v) is 2.07. The zero-order chi connectivity index (χ0) is 11.1. The van der Waals surface area contributed by atoms with Gasteiger partial charge in [0.2, 0.25) is 0 Å². The van der Waals surface area contributed by atoms with Crippen LogP contribution in [0.1, 0.15) is 5.69 Å².